The monoisotopic (exact) mass is 425 g/mol. The normalized spacial score (nSPS) is 18.8. The van der Waals surface area contributed by atoms with E-state index in [-0.39, 0.29) is 23.0 Å². The molecule has 1 saturated heterocycles. The number of esters is 1. The molecule has 1 unspecified atom stereocenters. The van der Waals surface area contributed by atoms with Crippen LogP contribution in [0.5, 0.6) is 5.75 Å². The molecule has 2 aromatic rings. The van der Waals surface area contributed by atoms with E-state index in [1.54, 1.807) is 36.6 Å². The highest BCUT2D eigenvalue weighted by atomic mass is 32.2. The Labute approximate surface area is 178 Å². The van der Waals surface area contributed by atoms with Crippen LogP contribution < -0.4 is 4.74 Å². The lowest BCUT2D eigenvalue weighted by molar-refractivity contribution is -0.128. The minimum Gasteiger partial charge on any atom is -0.423 e. The van der Waals surface area contributed by atoms with E-state index in [0.717, 1.165) is 11.1 Å². The van der Waals surface area contributed by atoms with Crippen LogP contribution in [-0.4, -0.2) is 38.1 Å². The van der Waals surface area contributed by atoms with Crippen molar-refractivity contribution >= 4 is 28.1 Å². The van der Waals surface area contributed by atoms with E-state index in [1.165, 1.54) is 11.6 Å². The molecule has 158 valence electrons. The van der Waals surface area contributed by atoms with Gasteiger partial charge in [0.2, 0.25) is 0 Å². The van der Waals surface area contributed by atoms with Gasteiger partial charge in [-0.15, -0.1) is 0 Å². The highest BCUT2D eigenvalue weighted by Gasteiger charge is 2.26. The van der Waals surface area contributed by atoms with Crippen molar-refractivity contribution in [2.75, 3.05) is 11.5 Å². The lowest BCUT2D eigenvalue weighted by atomic mass is 9.87. The van der Waals surface area contributed by atoms with Crippen molar-refractivity contribution in [1.82, 2.24) is 0 Å². The Bertz CT molecular complexity index is 1040. The molecule has 0 aliphatic carbocycles. The average Bonchev–Trinajstić information content (AvgIpc) is 3.04. The van der Waals surface area contributed by atoms with Gasteiger partial charge in [-0.25, -0.2) is 13.2 Å². The third-order valence-electron chi connectivity index (χ3n) is 4.93. The molecule has 30 heavy (non-hydrogen) atoms. The van der Waals surface area contributed by atoms with Gasteiger partial charge in [0.25, 0.3) is 0 Å². The molecule has 6 heteroatoms. The van der Waals surface area contributed by atoms with Crippen LogP contribution in [0.3, 0.4) is 0 Å². The van der Waals surface area contributed by atoms with Crippen molar-refractivity contribution in [2.45, 2.75) is 38.6 Å². The van der Waals surface area contributed by atoms with Crippen molar-refractivity contribution in [2.24, 2.45) is 4.99 Å². The van der Waals surface area contributed by atoms with Gasteiger partial charge in [0, 0.05) is 12.3 Å². The molecule has 0 saturated carbocycles. The van der Waals surface area contributed by atoms with Crippen molar-refractivity contribution in [3.63, 3.8) is 0 Å². The Morgan fingerprint density at radius 2 is 1.67 bits per heavy atom. The van der Waals surface area contributed by atoms with Crippen LogP contribution in [0.1, 0.15) is 43.9 Å². The van der Waals surface area contributed by atoms with Gasteiger partial charge in [-0.2, -0.15) is 0 Å². The van der Waals surface area contributed by atoms with Gasteiger partial charge in [0.1, 0.15) is 5.75 Å². The zero-order valence-electron chi connectivity index (χ0n) is 17.5. The molecule has 3 rings (SSSR count). The molecular formula is C24H27NO4S. The van der Waals surface area contributed by atoms with Gasteiger partial charge in [0.05, 0.1) is 17.5 Å². The summed E-state index contributed by atoms with van der Waals surface area (Å²) in [6, 6.07) is 14.9. The van der Waals surface area contributed by atoms with Crippen LogP contribution >= 0.6 is 0 Å². The number of ether oxygens (including phenoxy) is 1. The summed E-state index contributed by atoms with van der Waals surface area (Å²) >= 11 is 0. The van der Waals surface area contributed by atoms with Crippen LogP contribution in [0, 0.1) is 0 Å². The van der Waals surface area contributed by atoms with E-state index in [9.17, 15) is 13.2 Å². The predicted octanol–water partition coefficient (Wildman–Crippen LogP) is 4.21. The van der Waals surface area contributed by atoms with Gasteiger partial charge in [-0.1, -0.05) is 45.0 Å². The minimum absolute atomic E-state index is 0.0901. The van der Waals surface area contributed by atoms with Crippen molar-refractivity contribution in [1.29, 1.82) is 0 Å². The fourth-order valence-electron chi connectivity index (χ4n) is 3.12. The van der Waals surface area contributed by atoms with Crippen molar-refractivity contribution in [3.8, 4) is 5.75 Å². The maximum Gasteiger partial charge on any atom is 0.336 e. The first kappa shape index (κ1) is 22.0. The molecule has 1 aliphatic heterocycles. The summed E-state index contributed by atoms with van der Waals surface area (Å²) in [5, 5.41) is 0. The van der Waals surface area contributed by atoms with Gasteiger partial charge in [0.15, 0.2) is 9.84 Å². The number of aliphatic imine (C=N–C) groups is 1. The summed E-state index contributed by atoms with van der Waals surface area (Å²) in [5.41, 5.74) is 3.08. The SMILES string of the molecule is CC(C)(C)c1ccc(/C=C/C(=O)Oc2ccc(C=NC3CCS(=O)(=O)C3)cc2)cc1. The number of carbonyl (C=O) groups excluding carboxylic acids is 1. The summed E-state index contributed by atoms with van der Waals surface area (Å²) in [4.78, 5) is 16.4. The van der Waals surface area contributed by atoms with Crippen molar-refractivity contribution < 1.29 is 17.9 Å². The second-order valence-electron chi connectivity index (χ2n) is 8.53. The molecule has 0 radical (unpaired) electrons. The molecule has 1 heterocycles. The lowest BCUT2D eigenvalue weighted by Crippen LogP contribution is -2.10. The number of rotatable bonds is 5. The van der Waals surface area contributed by atoms with Crippen LogP contribution in [0.4, 0.5) is 0 Å². The molecule has 1 aliphatic rings. The zero-order valence-corrected chi connectivity index (χ0v) is 18.4. The van der Waals surface area contributed by atoms with Gasteiger partial charge < -0.3 is 4.74 Å². The van der Waals surface area contributed by atoms with Crippen LogP contribution in [0.15, 0.2) is 59.6 Å². The number of carbonyl (C=O) groups is 1. The number of hydrogen-bond donors (Lipinski definition) is 0. The largest absolute Gasteiger partial charge is 0.423 e. The Kier molecular flexibility index (Phi) is 6.56. The maximum absolute atomic E-state index is 12.1. The predicted molar refractivity (Wildman–Crippen MR) is 121 cm³/mol. The number of nitrogens with zero attached hydrogens (tertiary/aromatic N) is 1. The summed E-state index contributed by atoms with van der Waals surface area (Å²) in [6.45, 7) is 6.47. The van der Waals surface area contributed by atoms with E-state index in [1.807, 2.05) is 12.1 Å². The zero-order chi connectivity index (χ0) is 21.8. The molecule has 0 aromatic heterocycles. The van der Waals surface area contributed by atoms with E-state index < -0.39 is 15.8 Å². The molecule has 2 aromatic carbocycles. The van der Waals surface area contributed by atoms with Gasteiger partial charge in [-0.05, 0) is 58.9 Å². The summed E-state index contributed by atoms with van der Waals surface area (Å²) in [5.74, 6) is 0.309. The fourth-order valence-corrected chi connectivity index (χ4v) is 4.75. The third-order valence-corrected chi connectivity index (χ3v) is 6.68. The summed E-state index contributed by atoms with van der Waals surface area (Å²) in [7, 11) is -2.93. The Morgan fingerprint density at radius 3 is 2.23 bits per heavy atom. The minimum atomic E-state index is -2.93. The highest BCUT2D eigenvalue weighted by molar-refractivity contribution is 7.91. The van der Waals surface area contributed by atoms with Gasteiger partial charge in [-0.3, -0.25) is 4.99 Å². The molecule has 0 bridgehead atoms. The summed E-state index contributed by atoms with van der Waals surface area (Å²) < 4.78 is 28.3. The molecule has 5 nitrogen and oxygen atoms in total. The summed E-state index contributed by atoms with van der Waals surface area (Å²) in [6.07, 6.45) is 5.37. The number of hydrogen-bond acceptors (Lipinski definition) is 5. The molecule has 0 spiro atoms. The third kappa shape index (κ3) is 6.39. The topological polar surface area (TPSA) is 72.8 Å². The first-order valence-corrected chi connectivity index (χ1v) is 11.8. The molecule has 1 fully saturated rings. The van der Waals surface area contributed by atoms with Crippen LogP contribution in [0.2, 0.25) is 0 Å². The van der Waals surface area contributed by atoms with E-state index in [2.05, 4.69) is 37.9 Å². The van der Waals surface area contributed by atoms with E-state index >= 15 is 0 Å². The average molecular weight is 426 g/mol. The Balaban J connectivity index is 1.53. The van der Waals surface area contributed by atoms with E-state index in [4.69, 9.17) is 4.74 Å². The van der Waals surface area contributed by atoms with E-state index in [0.29, 0.717) is 12.2 Å². The standard InChI is InChI=1S/C24H27NO4S/c1-24(2,3)20-9-4-18(5-10-20)8-13-23(26)29-22-11-6-19(7-12-22)16-25-21-14-15-30(27,28)17-21/h4-13,16,21H,14-15,17H2,1-3H3/b13-8+,25-16?. The number of benzene rings is 2. The quantitative estimate of drug-likeness (QED) is 0.311. The molecular weight excluding hydrogens is 398 g/mol. The molecule has 0 N–H and O–H groups in total. The lowest BCUT2D eigenvalue weighted by Gasteiger charge is -2.18. The van der Waals surface area contributed by atoms with Gasteiger partial charge >= 0.3 is 5.97 Å². The fraction of sp³-hybridized carbons (Fsp3) is 0.333. The van der Waals surface area contributed by atoms with Crippen LogP contribution in [0.25, 0.3) is 6.08 Å². The second-order valence-corrected chi connectivity index (χ2v) is 10.8. The first-order chi connectivity index (χ1) is 14.1. The highest BCUT2D eigenvalue weighted by Crippen LogP contribution is 2.22. The molecule has 1 atom stereocenters. The molecule has 0 amide bonds. The van der Waals surface area contributed by atoms with Crippen LogP contribution in [-0.2, 0) is 20.0 Å². The number of sulfone groups is 1. The smallest absolute Gasteiger partial charge is 0.336 e. The Morgan fingerprint density at radius 1 is 1.03 bits per heavy atom. The Hall–Kier alpha value is -2.73. The van der Waals surface area contributed by atoms with Crippen molar-refractivity contribution in [3.05, 3.63) is 71.3 Å². The first-order valence-electron chi connectivity index (χ1n) is 9.95. The maximum atomic E-state index is 12.1. The second kappa shape index (κ2) is 8.96.